The minimum Gasteiger partial charge on any atom is -0.477 e. The van der Waals surface area contributed by atoms with Crippen molar-refractivity contribution in [3.63, 3.8) is 0 Å². The van der Waals surface area contributed by atoms with Crippen molar-refractivity contribution in [2.75, 3.05) is 33.3 Å². The van der Waals surface area contributed by atoms with Crippen molar-refractivity contribution >= 4 is 5.91 Å². The molecule has 0 radical (unpaired) electrons. The Hall–Kier alpha value is -1.62. The van der Waals surface area contributed by atoms with Crippen molar-refractivity contribution in [2.24, 2.45) is 5.92 Å². The highest BCUT2D eigenvalue weighted by molar-refractivity contribution is 5.78. The van der Waals surface area contributed by atoms with Gasteiger partial charge in [0.15, 0.2) is 0 Å². The van der Waals surface area contributed by atoms with Crippen molar-refractivity contribution < 1.29 is 9.53 Å². The van der Waals surface area contributed by atoms with Crippen LogP contribution in [0.3, 0.4) is 0 Å². The van der Waals surface area contributed by atoms with Crippen molar-refractivity contribution in [2.45, 2.75) is 38.6 Å². The second-order valence-corrected chi connectivity index (χ2v) is 6.88. The lowest BCUT2D eigenvalue weighted by atomic mass is 9.97. The summed E-state index contributed by atoms with van der Waals surface area (Å²) < 4.78 is 5.89. The summed E-state index contributed by atoms with van der Waals surface area (Å²) in [5, 5.41) is 0. The summed E-state index contributed by atoms with van der Waals surface area (Å²) >= 11 is 0. The van der Waals surface area contributed by atoms with Crippen LogP contribution in [0.5, 0.6) is 5.88 Å². The quantitative estimate of drug-likeness (QED) is 0.834. The van der Waals surface area contributed by atoms with Crippen LogP contribution in [0.2, 0.25) is 0 Å². The first-order valence-electron chi connectivity index (χ1n) is 8.66. The number of aromatic nitrogens is 1. The predicted molar refractivity (Wildman–Crippen MR) is 89.4 cm³/mol. The Kier molecular flexibility index (Phi) is 5.16. The number of carbonyl (C=O) groups excluding carboxylic acids is 1. The number of nitrogens with zero attached hydrogens (tertiary/aromatic N) is 3. The predicted octanol–water partition coefficient (Wildman–Crippen LogP) is 2.10. The molecule has 3 heterocycles. The topological polar surface area (TPSA) is 45.7 Å². The van der Waals surface area contributed by atoms with E-state index in [0.717, 1.165) is 63.4 Å². The third kappa shape index (κ3) is 4.02. The molecule has 0 spiro atoms. The van der Waals surface area contributed by atoms with Gasteiger partial charge >= 0.3 is 0 Å². The molecule has 1 aromatic rings. The average Bonchev–Trinajstić information content (AvgIpc) is 2.87. The van der Waals surface area contributed by atoms with Gasteiger partial charge in [0.2, 0.25) is 11.8 Å². The fourth-order valence-electron chi connectivity index (χ4n) is 3.53. The Bertz CT molecular complexity index is 541. The Morgan fingerprint density at radius 1 is 1.30 bits per heavy atom. The maximum Gasteiger partial charge on any atom is 0.222 e. The molecule has 1 aromatic heterocycles. The zero-order valence-corrected chi connectivity index (χ0v) is 14.2. The number of pyridine rings is 1. The molecule has 0 N–H and O–H groups in total. The molecule has 126 valence electrons. The normalized spacial score (nSPS) is 23.5. The van der Waals surface area contributed by atoms with Crippen LogP contribution in [-0.2, 0) is 4.79 Å². The highest BCUT2D eigenvalue weighted by atomic mass is 16.5. The number of hydrogen-bond donors (Lipinski definition) is 0. The van der Waals surface area contributed by atoms with Crippen molar-refractivity contribution in [3.8, 4) is 5.88 Å². The van der Waals surface area contributed by atoms with E-state index in [4.69, 9.17) is 4.74 Å². The van der Waals surface area contributed by atoms with Crippen LogP contribution in [0, 0.1) is 12.8 Å². The molecule has 2 aliphatic heterocycles. The molecule has 0 bridgehead atoms. The Labute approximate surface area is 138 Å². The molecule has 1 atom stereocenters. The van der Waals surface area contributed by atoms with E-state index in [1.165, 1.54) is 0 Å². The van der Waals surface area contributed by atoms with Crippen LogP contribution in [0.15, 0.2) is 18.3 Å². The van der Waals surface area contributed by atoms with E-state index in [1.54, 1.807) is 6.20 Å². The number of likely N-dealkylation sites (tertiary alicyclic amines) is 2. The number of piperidine rings is 1. The third-order valence-electron chi connectivity index (χ3n) is 5.23. The van der Waals surface area contributed by atoms with Gasteiger partial charge in [-0.25, -0.2) is 4.98 Å². The summed E-state index contributed by atoms with van der Waals surface area (Å²) in [6.07, 6.45) is 5.84. The molecule has 5 nitrogen and oxygen atoms in total. The monoisotopic (exact) mass is 317 g/mol. The largest absolute Gasteiger partial charge is 0.477 e. The number of amides is 1. The zero-order valence-electron chi connectivity index (χ0n) is 14.2. The number of hydrogen-bond acceptors (Lipinski definition) is 4. The first-order valence-corrected chi connectivity index (χ1v) is 8.66. The summed E-state index contributed by atoms with van der Waals surface area (Å²) in [5.74, 6) is 1.67. The minimum atomic E-state index is 0.295. The van der Waals surface area contributed by atoms with Gasteiger partial charge in [-0.2, -0.15) is 0 Å². The van der Waals surface area contributed by atoms with Gasteiger partial charge in [0, 0.05) is 37.8 Å². The van der Waals surface area contributed by atoms with Crippen molar-refractivity contribution in [1.82, 2.24) is 14.8 Å². The average molecular weight is 317 g/mol. The van der Waals surface area contributed by atoms with Gasteiger partial charge in [0.25, 0.3) is 0 Å². The SMILES string of the molecule is Cc1cccnc1OCC1CCN(CC2CCC(=O)N2C)CC1. The highest BCUT2D eigenvalue weighted by Gasteiger charge is 2.30. The number of ether oxygens (including phenoxy) is 1. The second kappa shape index (κ2) is 7.30. The van der Waals surface area contributed by atoms with Gasteiger partial charge in [-0.05, 0) is 51.3 Å². The van der Waals surface area contributed by atoms with E-state index in [9.17, 15) is 4.79 Å². The van der Waals surface area contributed by atoms with E-state index >= 15 is 0 Å². The lowest BCUT2D eigenvalue weighted by Gasteiger charge is -2.34. The van der Waals surface area contributed by atoms with Crippen LogP contribution in [0.25, 0.3) is 0 Å². The van der Waals surface area contributed by atoms with E-state index in [2.05, 4.69) is 9.88 Å². The van der Waals surface area contributed by atoms with Gasteiger partial charge in [-0.3, -0.25) is 4.79 Å². The van der Waals surface area contributed by atoms with E-state index in [0.29, 0.717) is 17.9 Å². The molecule has 23 heavy (non-hydrogen) atoms. The van der Waals surface area contributed by atoms with Crippen molar-refractivity contribution in [3.05, 3.63) is 23.9 Å². The van der Waals surface area contributed by atoms with Crippen molar-refractivity contribution in [1.29, 1.82) is 0 Å². The lowest BCUT2D eigenvalue weighted by molar-refractivity contribution is -0.127. The number of aryl methyl sites for hydroxylation is 1. The first kappa shape index (κ1) is 16.2. The van der Waals surface area contributed by atoms with E-state index in [1.807, 2.05) is 31.0 Å². The maximum absolute atomic E-state index is 11.6. The summed E-state index contributed by atoms with van der Waals surface area (Å²) in [4.78, 5) is 20.3. The molecular formula is C18H27N3O2. The summed E-state index contributed by atoms with van der Waals surface area (Å²) in [6, 6.07) is 4.38. The highest BCUT2D eigenvalue weighted by Crippen LogP contribution is 2.23. The summed E-state index contributed by atoms with van der Waals surface area (Å²) in [5.41, 5.74) is 1.10. The van der Waals surface area contributed by atoms with Crippen LogP contribution in [0.4, 0.5) is 0 Å². The molecule has 1 amide bonds. The molecular weight excluding hydrogens is 290 g/mol. The van der Waals surface area contributed by atoms with Gasteiger partial charge in [0.1, 0.15) is 0 Å². The lowest BCUT2D eigenvalue weighted by Crippen LogP contribution is -2.43. The van der Waals surface area contributed by atoms with Gasteiger partial charge < -0.3 is 14.5 Å². The zero-order chi connectivity index (χ0) is 16.2. The maximum atomic E-state index is 11.6. The Morgan fingerprint density at radius 3 is 2.74 bits per heavy atom. The van der Waals surface area contributed by atoms with E-state index < -0.39 is 0 Å². The third-order valence-corrected chi connectivity index (χ3v) is 5.23. The molecule has 2 fully saturated rings. The Balaban J connectivity index is 1.40. The summed E-state index contributed by atoms with van der Waals surface area (Å²) in [6.45, 7) is 6.02. The molecule has 0 saturated carbocycles. The smallest absolute Gasteiger partial charge is 0.222 e. The fourth-order valence-corrected chi connectivity index (χ4v) is 3.53. The van der Waals surface area contributed by atoms with Gasteiger partial charge in [-0.15, -0.1) is 0 Å². The molecule has 1 unspecified atom stereocenters. The number of likely N-dealkylation sites (N-methyl/N-ethyl adjacent to an activating group) is 1. The molecule has 5 heteroatoms. The standard InChI is InChI=1S/C18H27N3O2/c1-14-4-3-9-19-18(14)23-13-15-7-10-21(11-8-15)12-16-5-6-17(22)20(16)2/h3-4,9,15-16H,5-8,10-13H2,1-2H3. The molecule has 2 aliphatic rings. The second-order valence-electron chi connectivity index (χ2n) is 6.88. The van der Waals surface area contributed by atoms with E-state index in [-0.39, 0.29) is 0 Å². The molecule has 0 aromatic carbocycles. The van der Waals surface area contributed by atoms with Crippen LogP contribution in [0.1, 0.15) is 31.2 Å². The molecule has 0 aliphatic carbocycles. The fraction of sp³-hybridized carbons (Fsp3) is 0.667. The summed E-state index contributed by atoms with van der Waals surface area (Å²) in [7, 11) is 1.94. The molecule has 2 saturated heterocycles. The van der Waals surface area contributed by atoms with Crippen LogP contribution < -0.4 is 4.74 Å². The van der Waals surface area contributed by atoms with Gasteiger partial charge in [-0.1, -0.05) is 6.07 Å². The van der Waals surface area contributed by atoms with Crippen LogP contribution >= 0.6 is 0 Å². The molecule has 3 rings (SSSR count). The number of rotatable bonds is 5. The van der Waals surface area contributed by atoms with Gasteiger partial charge in [0.05, 0.1) is 6.61 Å². The Morgan fingerprint density at radius 2 is 2.09 bits per heavy atom. The first-order chi connectivity index (χ1) is 11.1. The number of carbonyl (C=O) groups is 1. The van der Waals surface area contributed by atoms with Crippen LogP contribution in [-0.4, -0.2) is 60.0 Å². The minimum absolute atomic E-state index is 0.295.